The van der Waals surface area contributed by atoms with Crippen molar-refractivity contribution in [3.63, 3.8) is 0 Å². The van der Waals surface area contributed by atoms with E-state index in [2.05, 4.69) is 39.8 Å². The number of carbonyl (C=O) groups is 2. The normalized spacial score (nSPS) is 16.6. The van der Waals surface area contributed by atoms with E-state index in [-0.39, 0.29) is 24.4 Å². The topological polar surface area (TPSA) is 61.4 Å². The fraction of sp³-hybridized carbons (Fsp3) is 0.579. The predicted molar refractivity (Wildman–Crippen MR) is 95.3 cm³/mol. The molecule has 5 nitrogen and oxygen atoms in total. The summed E-state index contributed by atoms with van der Waals surface area (Å²) >= 11 is 0. The largest absolute Gasteiger partial charge is 0.352 e. The maximum Gasteiger partial charge on any atom is 0.239 e. The second-order valence-corrected chi connectivity index (χ2v) is 7.54. The maximum atomic E-state index is 12.0. The van der Waals surface area contributed by atoms with Crippen molar-refractivity contribution < 1.29 is 9.59 Å². The molecule has 1 heterocycles. The molecule has 0 spiro atoms. The highest BCUT2D eigenvalue weighted by atomic mass is 16.2. The van der Waals surface area contributed by atoms with Crippen LogP contribution >= 0.6 is 0 Å². The van der Waals surface area contributed by atoms with E-state index in [1.807, 2.05) is 26.8 Å². The lowest BCUT2D eigenvalue weighted by Crippen LogP contribution is -2.48. The van der Waals surface area contributed by atoms with Gasteiger partial charge in [-0.2, -0.15) is 0 Å². The summed E-state index contributed by atoms with van der Waals surface area (Å²) in [6.07, 6.45) is 1.90. The van der Waals surface area contributed by atoms with Crippen LogP contribution < -0.4 is 10.6 Å². The summed E-state index contributed by atoms with van der Waals surface area (Å²) in [6, 6.07) is 10.7. The number of rotatable bonds is 5. The quantitative estimate of drug-likeness (QED) is 0.867. The smallest absolute Gasteiger partial charge is 0.239 e. The van der Waals surface area contributed by atoms with Crippen molar-refractivity contribution in [1.82, 2.24) is 15.5 Å². The summed E-state index contributed by atoms with van der Waals surface area (Å²) in [5.74, 6) is -0.204. The van der Waals surface area contributed by atoms with Crippen molar-refractivity contribution in [3.05, 3.63) is 35.9 Å². The third-order valence-electron chi connectivity index (χ3n) is 4.29. The number of nitrogens with zero attached hydrogens (tertiary/aromatic N) is 1. The Hall–Kier alpha value is -1.88. The summed E-state index contributed by atoms with van der Waals surface area (Å²) in [6.45, 7) is 8.49. The molecule has 132 valence electrons. The van der Waals surface area contributed by atoms with Gasteiger partial charge in [0.05, 0.1) is 6.54 Å². The third-order valence-corrected chi connectivity index (χ3v) is 4.29. The van der Waals surface area contributed by atoms with Crippen LogP contribution in [0, 0.1) is 5.41 Å². The Labute approximate surface area is 144 Å². The standard InChI is InChI=1S/C19H29N3O2/c1-19(2,3)18(24)20-13-17(23)21-16-9-11-22(12-10-16)14-15-7-5-4-6-8-15/h4-8,16H,9-14H2,1-3H3,(H,20,24)(H,21,23). The summed E-state index contributed by atoms with van der Waals surface area (Å²) < 4.78 is 0. The summed E-state index contributed by atoms with van der Waals surface area (Å²) in [5, 5.41) is 5.72. The van der Waals surface area contributed by atoms with Gasteiger partial charge >= 0.3 is 0 Å². The van der Waals surface area contributed by atoms with Crippen LogP contribution in [0.25, 0.3) is 0 Å². The second-order valence-electron chi connectivity index (χ2n) is 7.54. The lowest BCUT2D eigenvalue weighted by molar-refractivity contribution is -0.131. The first-order valence-electron chi connectivity index (χ1n) is 8.68. The first-order valence-corrected chi connectivity index (χ1v) is 8.68. The van der Waals surface area contributed by atoms with Crippen molar-refractivity contribution in [2.45, 2.75) is 46.2 Å². The number of carbonyl (C=O) groups excluding carboxylic acids is 2. The summed E-state index contributed by atoms with van der Waals surface area (Å²) in [7, 11) is 0. The van der Waals surface area contributed by atoms with E-state index in [4.69, 9.17) is 0 Å². The lowest BCUT2D eigenvalue weighted by atomic mass is 9.96. The van der Waals surface area contributed by atoms with Crippen molar-refractivity contribution >= 4 is 11.8 Å². The fourth-order valence-corrected chi connectivity index (χ4v) is 2.78. The minimum Gasteiger partial charge on any atom is -0.352 e. The molecule has 0 radical (unpaired) electrons. The number of benzene rings is 1. The highest BCUT2D eigenvalue weighted by Crippen LogP contribution is 2.14. The van der Waals surface area contributed by atoms with Crippen LogP contribution in [0.15, 0.2) is 30.3 Å². The van der Waals surface area contributed by atoms with Gasteiger partial charge in [-0.05, 0) is 18.4 Å². The zero-order valence-electron chi connectivity index (χ0n) is 15.0. The zero-order chi connectivity index (χ0) is 17.6. The van der Waals surface area contributed by atoms with Crippen molar-refractivity contribution in [3.8, 4) is 0 Å². The molecule has 2 N–H and O–H groups in total. The zero-order valence-corrected chi connectivity index (χ0v) is 15.0. The molecule has 1 aliphatic heterocycles. The van der Waals surface area contributed by atoms with Crippen LogP contribution in [0.1, 0.15) is 39.2 Å². The highest BCUT2D eigenvalue weighted by Gasteiger charge is 2.23. The van der Waals surface area contributed by atoms with Gasteiger partial charge in [0.25, 0.3) is 0 Å². The minimum atomic E-state index is -0.469. The molecule has 1 saturated heterocycles. The summed E-state index contributed by atoms with van der Waals surface area (Å²) in [5.41, 5.74) is 0.855. The van der Waals surface area contributed by atoms with Crippen molar-refractivity contribution in [2.24, 2.45) is 5.41 Å². The molecule has 0 saturated carbocycles. The van der Waals surface area contributed by atoms with E-state index in [9.17, 15) is 9.59 Å². The van der Waals surface area contributed by atoms with Crippen LogP contribution in [0.4, 0.5) is 0 Å². The Kier molecular flexibility index (Phi) is 6.37. The van der Waals surface area contributed by atoms with Crippen molar-refractivity contribution in [1.29, 1.82) is 0 Å². The molecule has 1 aliphatic rings. The van der Waals surface area contributed by atoms with Gasteiger partial charge in [0.1, 0.15) is 0 Å². The number of nitrogens with one attached hydrogen (secondary N) is 2. The van der Waals surface area contributed by atoms with Crippen LogP contribution in [-0.4, -0.2) is 42.4 Å². The molecule has 5 heteroatoms. The first-order chi connectivity index (χ1) is 11.3. The van der Waals surface area contributed by atoms with E-state index in [0.717, 1.165) is 32.5 Å². The van der Waals surface area contributed by atoms with Gasteiger partial charge in [0.2, 0.25) is 11.8 Å². The predicted octanol–water partition coefficient (Wildman–Crippen LogP) is 1.93. The van der Waals surface area contributed by atoms with E-state index in [1.165, 1.54) is 5.56 Å². The minimum absolute atomic E-state index is 0.0559. The van der Waals surface area contributed by atoms with Gasteiger partial charge in [-0.25, -0.2) is 0 Å². The van der Waals surface area contributed by atoms with Gasteiger partial charge in [0, 0.05) is 31.1 Å². The molecular weight excluding hydrogens is 302 g/mol. The molecule has 2 amide bonds. The average molecular weight is 331 g/mol. The van der Waals surface area contributed by atoms with Crippen LogP contribution in [0.3, 0.4) is 0 Å². The molecule has 0 aliphatic carbocycles. The Morgan fingerprint density at radius 1 is 1.12 bits per heavy atom. The molecule has 0 atom stereocenters. The lowest BCUT2D eigenvalue weighted by Gasteiger charge is -2.32. The van der Waals surface area contributed by atoms with Crippen LogP contribution in [0.2, 0.25) is 0 Å². The van der Waals surface area contributed by atoms with Crippen LogP contribution in [-0.2, 0) is 16.1 Å². The monoisotopic (exact) mass is 331 g/mol. The Morgan fingerprint density at radius 2 is 1.75 bits per heavy atom. The number of amides is 2. The number of hydrogen-bond acceptors (Lipinski definition) is 3. The fourth-order valence-electron chi connectivity index (χ4n) is 2.78. The van der Waals surface area contributed by atoms with Crippen LogP contribution in [0.5, 0.6) is 0 Å². The van der Waals surface area contributed by atoms with Gasteiger partial charge in [-0.1, -0.05) is 51.1 Å². The van der Waals surface area contributed by atoms with Gasteiger partial charge in [-0.3, -0.25) is 14.5 Å². The number of hydrogen-bond donors (Lipinski definition) is 2. The maximum absolute atomic E-state index is 12.0. The highest BCUT2D eigenvalue weighted by molar-refractivity contribution is 5.87. The van der Waals surface area contributed by atoms with Gasteiger partial charge in [0.15, 0.2) is 0 Å². The van der Waals surface area contributed by atoms with Gasteiger partial charge in [-0.15, -0.1) is 0 Å². The molecule has 0 aromatic heterocycles. The molecular formula is C19H29N3O2. The van der Waals surface area contributed by atoms with E-state index in [1.54, 1.807) is 0 Å². The Morgan fingerprint density at radius 3 is 2.33 bits per heavy atom. The molecule has 2 rings (SSSR count). The number of likely N-dealkylation sites (tertiary alicyclic amines) is 1. The molecule has 1 aromatic carbocycles. The Balaban J connectivity index is 1.67. The molecule has 0 unspecified atom stereocenters. The van der Waals surface area contributed by atoms with E-state index < -0.39 is 5.41 Å². The molecule has 1 aromatic rings. The molecule has 24 heavy (non-hydrogen) atoms. The summed E-state index contributed by atoms with van der Waals surface area (Å²) in [4.78, 5) is 26.2. The number of piperidine rings is 1. The second kappa shape index (κ2) is 8.29. The van der Waals surface area contributed by atoms with E-state index >= 15 is 0 Å². The Bertz CT molecular complexity index is 543. The van der Waals surface area contributed by atoms with Gasteiger partial charge < -0.3 is 10.6 Å². The molecule has 1 fully saturated rings. The third kappa shape index (κ3) is 5.96. The molecule has 0 bridgehead atoms. The van der Waals surface area contributed by atoms with E-state index in [0.29, 0.717) is 0 Å². The SMILES string of the molecule is CC(C)(C)C(=O)NCC(=O)NC1CCN(Cc2ccccc2)CC1. The first kappa shape index (κ1) is 18.5. The average Bonchev–Trinajstić information content (AvgIpc) is 2.54. The van der Waals surface area contributed by atoms with Crippen molar-refractivity contribution in [2.75, 3.05) is 19.6 Å².